The summed E-state index contributed by atoms with van der Waals surface area (Å²) in [5.74, 6) is -0.470. The maximum Gasteiger partial charge on any atom is 0.303 e. The Labute approximate surface area is 192 Å². The van der Waals surface area contributed by atoms with Crippen LogP contribution in [0.2, 0.25) is 0 Å². The van der Waals surface area contributed by atoms with Crippen LogP contribution in [-0.2, 0) is 20.0 Å². The first-order valence-electron chi connectivity index (χ1n) is 11.0. The van der Waals surface area contributed by atoms with E-state index in [4.69, 9.17) is 10.2 Å². The molecule has 1 amide bonds. The Kier molecular flexibility index (Phi) is 7.84. The van der Waals surface area contributed by atoms with Gasteiger partial charge in [-0.05, 0) is 42.0 Å². The fourth-order valence-corrected chi connectivity index (χ4v) is 4.48. The minimum absolute atomic E-state index is 0.261. The first-order chi connectivity index (χ1) is 15.7. The number of nitrogens with zero attached hydrogens (tertiary/aromatic N) is 1. The Bertz CT molecular complexity index is 902. The Morgan fingerprint density at radius 3 is 1.70 bits per heavy atom. The van der Waals surface area contributed by atoms with E-state index in [2.05, 4.69) is 5.32 Å². The fourth-order valence-electron chi connectivity index (χ4n) is 4.48. The van der Waals surface area contributed by atoms with Crippen molar-refractivity contribution in [3.05, 3.63) is 71.8 Å². The molecule has 1 saturated heterocycles. The Balaban J connectivity index is 0.000000331. The molecule has 0 radical (unpaired) electrons. The lowest BCUT2D eigenvalue weighted by molar-refractivity contribution is -0.147. The van der Waals surface area contributed by atoms with E-state index in [-0.39, 0.29) is 18.7 Å². The van der Waals surface area contributed by atoms with Crippen molar-refractivity contribution in [1.82, 2.24) is 10.2 Å². The topological polar surface area (TPSA) is 127 Å². The van der Waals surface area contributed by atoms with Crippen molar-refractivity contribution in [3.63, 3.8) is 0 Å². The van der Waals surface area contributed by atoms with Gasteiger partial charge in [0.15, 0.2) is 5.60 Å². The number of carboxylic acid groups (broad SMARTS) is 2. The van der Waals surface area contributed by atoms with E-state index < -0.39 is 17.5 Å². The Morgan fingerprint density at radius 1 is 0.879 bits per heavy atom. The van der Waals surface area contributed by atoms with Crippen LogP contribution in [-0.4, -0.2) is 64.7 Å². The molecular weight excluding hydrogens is 424 g/mol. The summed E-state index contributed by atoms with van der Waals surface area (Å²) in [4.78, 5) is 34.3. The number of carboxylic acids is 2. The van der Waals surface area contributed by atoms with Gasteiger partial charge in [0.1, 0.15) is 0 Å². The van der Waals surface area contributed by atoms with Gasteiger partial charge in [0.05, 0.1) is 12.8 Å². The molecule has 2 aliphatic rings. The highest BCUT2D eigenvalue weighted by molar-refractivity contribution is 5.90. The van der Waals surface area contributed by atoms with Crippen LogP contribution in [0.4, 0.5) is 0 Å². The minimum Gasteiger partial charge on any atom is -0.481 e. The molecule has 1 aliphatic heterocycles. The normalized spacial score (nSPS) is 20.7. The highest BCUT2D eigenvalue weighted by atomic mass is 16.4. The van der Waals surface area contributed by atoms with E-state index >= 15 is 0 Å². The summed E-state index contributed by atoms with van der Waals surface area (Å²) >= 11 is 0. The van der Waals surface area contributed by atoms with Gasteiger partial charge in [-0.25, -0.2) is 0 Å². The first-order valence-corrected chi connectivity index (χ1v) is 11.0. The molecule has 33 heavy (non-hydrogen) atoms. The maximum atomic E-state index is 13.3. The van der Waals surface area contributed by atoms with Crippen LogP contribution in [0.15, 0.2) is 60.7 Å². The largest absolute Gasteiger partial charge is 0.481 e. The van der Waals surface area contributed by atoms with Gasteiger partial charge in [-0.15, -0.1) is 0 Å². The van der Waals surface area contributed by atoms with Crippen LogP contribution in [0.25, 0.3) is 0 Å². The van der Waals surface area contributed by atoms with Gasteiger partial charge in [-0.2, -0.15) is 0 Å². The molecule has 1 unspecified atom stereocenters. The Hall–Kier alpha value is -3.23. The van der Waals surface area contributed by atoms with Gasteiger partial charge >= 0.3 is 11.9 Å². The molecule has 4 rings (SSSR count). The molecule has 1 saturated carbocycles. The summed E-state index contributed by atoms with van der Waals surface area (Å²) in [5.41, 5.74) is -0.439. The van der Waals surface area contributed by atoms with Crippen LogP contribution >= 0.6 is 0 Å². The van der Waals surface area contributed by atoms with E-state index in [0.717, 1.165) is 13.1 Å². The van der Waals surface area contributed by atoms with E-state index in [0.29, 0.717) is 35.4 Å². The predicted molar refractivity (Wildman–Crippen MR) is 121 cm³/mol. The number of piperidine rings is 1. The Morgan fingerprint density at radius 2 is 1.30 bits per heavy atom. The predicted octanol–water partition coefficient (Wildman–Crippen LogP) is 1.78. The van der Waals surface area contributed by atoms with Crippen molar-refractivity contribution < 1.29 is 29.7 Å². The van der Waals surface area contributed by atoms with Crippen molar-refractivity contribution in [3.8, 4) is 0 Å². The molecule has 2 aromatic rings. The van der Waals surface area contributed by atoms with Crippen LogP contribution < -0.4 is 5.32 Å². The third-order valence-electron chi connectivity index (χ3n) is 6.35. The van der Waals surface area contributed by atoms with E-state index in [1.54, 1.807) is 11.9 Å². The number of aliphatic carboxylic acids is 2. The van der Waals surface area contributed by atoms with Gasteiger partial charge in [0, 0.05) is 13.6 Å². The summed E-state index contributed by atoms with van der Waals surface area (Å²) in [6, 6.07) is 18.5. The second-order valence-corrected chi connectivity index (χ2v) is 8.57. The number of carbonyl (C=O) groups is 3. The molecule has 8 heteroatoms. The highest BCUT2D eigenvalue weighted by Crippen LogP contribution is 2.49. The number of hydrogen-bond acceptors (Lipinski definition) is 5. The molecule has 1 aliphatic carbocycles. The van der Waals surface area contributed by atoms with Crippen LogP contribution in [0.1, 0.15) is 24.0 Å². The van der Waals surface area contributed by atoms with E-state index in [1.807, 2.05) is 60.7 Å². The first kappa shape index (κ1) is 24.4. The lowest BCUT2D eigenvalue weighted by Gasteiger charge is -2.32. The molecule has 0 aromatic heterocycles. The minimum atomic E-state index is -1.65. The third kappa shape index (κ3) is 5.77. The average molecular weight is 455 g/mol. The molecule has 4 N–H and O–H groups in total. The number of fused-ring (bicyclic) bond motifs is 1. The smallest absolute Gasteiger partial charge is 0.303 e. The quantitative estimate of drug-likeness (QED) is 0.479. The highest BCUT2D eigenvalue weighted by Gasteiger charge is 2.54. The molecule has 0 spiro atoms. The third-order valence-corrected chi connectivity index (χ3v) is 6.35. The molecule has 176 valence electrons. The number of carbonyl (C=O) groups excluding carboxylic acids is 1. The zero-order valence-electron chi connectivity index (χ0n) is 18.6. The molecule has 8 nitrogen and oxygen atoms in total. The van der Waals surface area contributed by atoms with Gasteiger partial charge in [0.25, 0.3) is 5.91 Å². The maximum absolute atomic E-state index is 13.3. The molecular formula is C25H30N2O6. The lowest BCUT2D eigenvalue weighted by Crippen LogP contribution is -2.47. The molecule has 2 fully saturated rings. The zero-order chi connectivity index (χ0) is 24.0. The standard InChI is InChI=1S/C21H24N2O2.C4H6O4/c1-23(14-19-17-12-22-13-18(17)19)20(24)21(25,15-8-4-2-5-9-15)16-10-6-3-7-11-16;5-3(6)1-2-4(7)8/h2-11,17-19,22,25H,12-14H2,1H3;1-2H2,(H,5,6)(H,7,8)/t17-,18+,19?;. The van der Waals surface area contributed by atoms with Crippen LogP contribution in [0.3, 0.4) is 0 Å². The van der Waals surface area contributed by atoms with Gasteiger partial charge in [-0.1, -0.05) is 60.7 Å². The average Bonchev–Trinajstić information content (AvgIpc) is 3.22. The lowest BCUT2D eigenvalue weighted by atomic mass is 9.85. The molecule has 2 aromatic carbocycles. The summed E-state index contributed by atoms with van der Waals surface area (Å²) in [7, 11) is 1.81. The molecule has 3 atom stereocenters. The monoisotopic (exact) mass is 454 g/mol. The number of benzene rings is 2. The summed E-state index contributed by atoms with van der Waals surface area (Å²) in [6.07, 6.45) is -0.593. The van der Waals surface area contributed by atoms with Crippen molar-refractivity contribution in [2.75, 3.05) is 26.7 Å². The van der Waals surface area contributed by atoms with Crippen molar-refractivity contribution in [2.45, 2.75) is 18.4 Å². The number of aliphatic hydroxyl groups is 1. The number of amides is 1. The van der Waals surface area contributed by atoms with Crippen molar-refractivity contribution in [2.24, 2.45) is 17.8 Å². The number of likely N-dealkylation sites (N-methyl/N-ethyl adjacent to an activating group) is 1. The second-order valence-electron chi connectivity index (χ2n) is 8.57. The number of nitrogens with one attached hydrogen (secondary N) is 1. The van der Waals surface area contributed by atoms with Gasteiger partial charge < -0.3 is 25.5 Å². The van der Waals surface area contributed by atoms with E-state index in [9.17, 15) is 19.5 Å². The van der Waals surface area contributed by atoms with Crippen molar-refractivity contribution in [1.29, 1.82) is 0 Å². The van der Waals surface area contributed by atoms with Gasteiger partial charge in [-0.3, -0.25) is 14.4 Å². The van der Waals surface area contributed by atoms with Gasteiger partial charge in [0.2, 0.25) is 0 Å². The summed E-state index contributed by atoms with van der Waals surface area (Å²) in [6.45, 7) is 2.82. The van der Waals surface area contributed by atoms with E-state index in [1.165, 1.54) is 0 Å². The zero-order valence-corrected chi connectivity index (χ0v) is 18.6. The molecule has 1 heterocycles. The molecule has 0 bridgehead atoms. The number of hydrogen-bond donors (Lipinski definition) is 4. The second kappa shape index (κ2) is 10.6. The van der Waals surface area contributed by atoms with Crippen LogP contribution in [0.5, 0.6) is 0 Å². The fraction of sp³-hybridized carbons (Fsp3) is 0.400. The summed E-state index contributed by atoms with van der Waals surface area (Å²) in [5, 5.41) is 30.7. The number of rotatable bonds is 8. The van der Waals surface area contributed by atoms with Crippen LogP contribution in [0, 0.1) is 17.8 Å². The SMILES string of the molecule is CN(CC1[C@H]2CNC[C@@H]12)C(=O)C(O)(c1ccccc1)c1ccccc1.O=C(O)CCC(=O)O. The summed E-state index contributed by atoms with van der Waals surface area (Å²) < 4.78 is 0. The van der Waals surface area contributed by atoms with Crippen molar-refractivity contribution >= 4 is 17.8 Å².